The Kier molecular flexibility index (Phi) is 12.1. The van der Waals surface area contributed by atoms with Crippen LogP contribution in [-0.4, -0.2) is 169 Å². The smallest absolute Gasteiger partial charge is 0.229 e. The lowest BCUT2D eigenvalue weighted by atomic mass is 9.95. The van der Waals surface area contributed by atoms with Gasteiger partial charge >= 0.3 is 0 Å². The van der Waals surface area contributed by atoms with Gasteiger partial charge in [0.25, 0.3) is 0 Å². The first-order valence-corrected chi connectivity index (χ1v) is 16.9. The van der Waals surface area contributed by atoms with Crippen LogP contribution in [-0.2, 0) is 18.9 Å². The lowest BCUT2D eigenvalue weighted by Crippen LogP contribution is -2.64. The topological polar surface area (TPSA) is 293 Å². The zero-order chi connectivity index (χ0) is 38.3. The number of Topliss-reactive ketones (excluding diaryl/α,β-unsaturated/α-hetero) is 1. The molecular weight excluding hydrogens is 712 g/mol. The fraction of sp³-hybridized carbons (Fsp3) is 0.618. The standard InChI is InChI=1S/C34H44O19/c1-12-23(38)26(41)29(44)32(47-12)53-31-28(43)25(40)21(11-36)52-34(31)49-15-7-18(46-2)22-16(37)9-17(50-19(22)8-15)13-3-5-14(6-4-13)48-33-30(45)27(42)24(39)20(10-35)51-33/h3-8,12,17,20-21,23-36,38-45H,9-11H2,1-2H3/t12-,17-,20+,21+,23-,24+,25+,26+,27-,28-,29+,30+,31+,32-,33-,34-/m0/s1. The zero-order valence-electron chi connectivity index (χ0n) is 28.5. The van der Waals surface area contributed by atoms with Crippen molar-refractivity contribution < 1.29 is 93.8 Å². The van der Waals surface area contributed by atoms with Gasteiger partial charge in [-0.25, -0.2) is 0 Å². The van der Waals surface area contributed by atoms with E-state index in [0.717, 1.165) is 0 Å². The van der Waals surface area contributed by atoms with Crippen LogP contribution >= 0.6 is 0 Å². The van der Waals surface area contributed by atoms with Gasteiger partial charge in [-0.1, -0.05) is 12.1 Å². The van der Waals surface area contributed by atoms with Crippen LogP contribution in [0.15, 0.2) is 36.4 Å². The Morgan fingerprint density at radius 2 is 1.26 bits per heavy atom. The summed E-state index contributed by atoms with van der Waals surface area (Å²) in [7, 11) is 1.32. The Bertz CT molecular complexity index is 1560. The van der Waals surface area contributed by atoms with Crippen LogP contribution < -0.4 is 18.9 Å². The van der Waals surface area contributed by atoms with Gasteiger partial charge in [-0.3, -0.25) is 4.79 Å². The van der Waals surface area contributed by atoms with Crippen LogP contribution in [0.1, 0.15) is 35.4 Å². The molecule has 0 unspecified atom stereocenters. The third kappa shape index (κ3) is 7.82. The van der Waals surface area contributed by atoms with Crippen LogP contribution in [0.25, 0.3) is 0 Å². The Morgan fingerprint density at radius 3 is 1.91 bits per heavy atom. The van der Waals surface area contributed by atoms with Crippen molar-refractivity contribution in [3.8, 4) is 23.0 Å². The van der Waals surface area contributed by atoms with Crippen molar-refractivity contribution in [2.24, 2.45) is 0 Å². The van der Waals surface area contributed by atoms with Crippen molar-refractivity contribution in [3.05, 3.63) is 47.5 Å². The number of methoxy groups -OCH3 is 1. The molecule has 19 heteroatoms. The van der Waals surface area contributed by atoms with E-state index >= 15 is 0 Å². The molecule has 0 aliphatic carbocycles. The molecule has 16 atom stereocenters. The first-order chi connectivity index (χ1) is 25.3. The second-order valence-corrected chi connectivity index (χ2v) is 13.2. The second-order valence-electron chi connectivity index (χ2n) is 13.2. The molecule has 4 aliphatic rings. The first kappa shape index (κ1) is 39.4. The molecule has 2 aromatic rings. The van der Waals surface area contributed by atoms with E-state index in [1.165, 1.54) is 38.3 Å². The molecule has 4 aliphatic heterocycles. The van der Waals surface area contributed by atoms with Crippen molar-refractivity contribution in [3.63, 3.8) is 0 Å². The third-order valence-corrected chi connectivity index (χ3v) is 9.71. The Balaban J connectivity index is 1.21. The summed E-state index contributed by atoms with van der Waals surface area (Å²) in [6.07, 6.45) is -23.7. The Morgan fingerprint density at radius 1 is 0.679 bits per heavy atom. The van der Waals surface area contributed by atoms with E-state index in [0.29, 0.717) is 5.56 Å². The number of carbonyl (C=O) groups excluding carboxylic acids is 1. The minimum absolute atomic E-state index is 0.0230. The van der Waals surface area contributed by atoms with Gasteiger partial charge in [0.05, 0.1) is 32.8 Å². The molecule has 2 aromatic carbocycles. The van der Waals surface area contributed by atoms with E-state index in [1.54, 1.807) is 12.1 Å². The minimum Gasteiger partial charge on any atom is -0.496 e. The highest BCUT2D eigenvalue weighted by molar-refractivity contribution is 6.02. The Hall–Kier alpha value is -3.25. The summed E-state index contributed by atoms with van der Waals surface area (Å²) in [5.41, 5.74) is 0.648. The predicted molar refractivity (Wildman–Crippen MR) is 172 cm³/mol. The van der Waals surface area contributed by atoms with Crippen molar-refractivity contribution in [2.45, 2.75) is 112 Å². The van der Waals surface area contributed by atoms with Gasteiger partial charge < -0.3 is 89.0 Å². The van der Waals surface area contributed by atoms with Gasteiger partial charge in [-0.05, 0) is 24.6 Å². The van der Waals surface area contributed by atoms with E-state index < -0.39 is 111 Å². The maximum atomic E-state index is 13.4. The average Bonchev–Trinajstić information content (AvgIpc) is 3.15. The van der Waals surface area contributed by atoms with Gasteiger partial charge in [0.15, 0.2) is 18.2 Å². The molecule has 3 saturated heterocycles. The number of rotatable bonds is 10. The lowest BCUT2D eigenvalue weighted by molar-refractivity contribution is -0.354. The number of fused-ring (bicyclic) bond motifs is 1. The van der Waals surface area contributed by atoms with Crippen molar-refractivity contribution >= 4 is 5.78 Å². The second kappa shape index (κ2) is 16.2. The number of ketones is 1. The van der Waals surface area contributed by atoms with Gasteiger partial charge in [-0.15, -0.1) is 0 Å². The lowest BCUT2D eigenvalue weighted by Gasteiger charge is -2.45. The van der Waals surface area contributed by atoms with Crippen LogP contribution in [0.2, 0.25) is 0 Å². The maximum Gasteiger partial charge on any atom is 0.229 e. The number of aliphatic hydroxyl groups excluding tert-OH is 10. The van der Waals surface area contributed by atoms with Crippen LogP contribution in [0, 0.1) is 0 Å². The normalized spacial score (nSPS) is 40.2. The van der Waals surface area contributed by atoms with Gasteiger partial charge in [0.2, 0.25) is 12.6 Å². The van der Waals surface area contributed by atoms with Crippen molar-refractivity contribution in [1.29, 1.82) is 0 Å². The van der Waals surface area contributed by atoms with Crippen LogP contribution in [0.4, 0.5) is 0 Å². The molecule has 0 spiro atoms. The predicted octanol–water partition coefficient (Wildman–Crippen LogP) is -3.39. The minimum atomic E-state index is -1.77. The van der Waals surface area contributed by atoms with Crippen LogP contribution in [0.5, 0.6) is 23.0 Å². The number of aliphatic hydroxyl groups is 10. The molecule has 53 heavy (non-hydrogen) atoms. The van der Waals surface area contributed by atoms with Gasteiger partial charge in [-0.2, -0.15) is 0 Å². The fourth-order valence-electron chi connectivity index (χ4n) is 6.58. The summed E-state index contributed by atoms with van der Waals surface area (Å²) in [6, 6.07) is 8.91. The molecule has 0 aromatic heterocycles. The summed E-state index contributed by atoms with van der Waals surface area (Å²) >= 11 is 0. The van der Waals surface area contributed by atoms with E-state index in [1.807, 2.05) is 0 Å². The molecule has 294 valence electrons. The van der Waals surface area contributed by atoms with E-state index in [-0.39, 0.29) is 40.8 Å². The Labute approximate surface area is 302 Å². The number of hydrogen-bond acceptors (Lipinski definition) is 19. The summed E-state index contributed by atoms with van der Waals surface area (Å²) in [5, 5.41) is 102. The third-order valence-electron chi connectivity index (χ3n) is 9.71. The first-order valence-electron chi connectivity index (χ1n) is 16.9. The van der Waals surface area contributed by atoms with Gasteiger partial charge in [0, 0.05) is 12.1 Å². The molecule has 10 N–H and O–H groups in total. The number of benzene rings is 2. The fourth-order valence-corrected chi connectivity index (χ4v) is 6.58. The monoisotopic (exact) mass is 756 g/mol. The molecule has 0 bridgehead atoms. The SMILES string of the molecule is COc1cc(O[C@H]2O[C@H](CO)[C@@H](O)[C@H](O)[C@H]2O[C@@H]2O[C@@H](C)[C@H](O)[C@@H](O)[C@H]2O)cc2c1C(=O)C[C@@H](c1ccc(O[C@H]3O[C@H](CO)[C@@H](O)[C@H](O)[C@H]3O)cc1)O2. The number of ether oxygens (including phenoxy) is 8. The largest absolute Gasteiger partial charge is 0.496 e. The molecule has 0 amide bonds. The molecule has 0 radical (unpaired) electrons. The summed E-state index contributed by atoms with van der Waals surface area (Å²) < 4.78 is 45.8. The molecule has 3 fully saturated rings. The summed E-state index contributed by atoms with van der Waals surface area (Å²) in [5.74, 6) is -0.0543. The zero-order valence-corrected chi connectivity index (χ0v) is 28.5. The van der Waals surface area contributed by atoms with Crippen molar-refractivity contribution in [1.82, 2.24) is 0 Å². The maximum absolute atomic E-state index is 13.4. The van der Waals surface area contributed by atoms with Crippen LogP contribution in [0.3, 0.4) is 0 Å². The van der Waals surface area contributed by atoms with Crippen molar-refractivity contribution in [2.75, 3.05) is 20.3 Å². The van der Waals surface area contributed by atoms with E-state index in [2.05, 4.69) is 0 Å². The highest BCUT2D eigenvalue weighted by atomic mass is 16.8. The highest BCUT2D eigenvalue weighted by Crippen LogP contribution is 2.43. The molecule has 4 heterocycles. The number of carbonyl (C=O) groups is 1. The molecule has 19 nitrogen and oxygen atoms in total. The summed E-state index contributed by atoms with van der Waals surface area (Å²) in [6.45, 7) is 0.0746. The van der Waals surface area contributed by atoms with E-state index in [9.17, 15) is 55.9 Å². The molecule has 0 saturated carbocycles. The van der Waals surface area contributed by atoms with Gasteiger partial charge in [0.1, 0.15) is 95.7 Å². The summed E-state index contributed by atoms with van der Waals surface area (Å²) in [4.78, 5) is 13.4. The van der Waals surface area contributed by atoms with E-state index in [4.69, 9.17) is 37.9 Å². The number of hydrogen-bond donors (Lipinski definition) is 10. The quantitative estimate of drug-likeness (QED) is 0.113. The average molecular weight is 757 g/mol. The highest BCUT2D eigenvalue weighted by Gasteiger charge is 2.51. The molecular formula is C34H44O19. The molecule has 6 rings (SSSR count).